The number of aliphatic hydroxyl groups is 1. The zero-order chi connectivity index (χ0) is 13.0. The lowest BCUT2D eigenvalue weighted by molar-refractivity contribution is -0.00885. The van der Waals surface area contributed by atoms with Gasteiger partial charge in [-0.15, -0.1) is 11.3 Å². The molecule has 2 N–H and O–H groups in total. The minimum Gasteiger partial charge on any atom is -0.389 e. The van der Waals surface area contributed by atoms with Gasteiger partial charge in [-0.3, -0.25) is 0 Å². The molecule has 0 saturated heterocycles. The van der Waals surface area contributed by atoms with E-state index in [-0.39, 0.29) is 0 Å². The van der Waals surface area contributed by atoms with E-state index < -0.39 is 5.60 Å². The largest absolute Gasteiger partial charge is 0.389 e. The van der Waals surface area contributed by atoms with E-state index in [9.17, 15) is 5.11 Å². The molecule has 0 radical (unpaired) electrons. The Hall–Kier alpha value is -0.450. The van der Waals surface area contributed by atoms with Crippen LogP contribution in [-0.2, 0) is 6.54 Å². The Morgan fingerprint density at radius 1 is 1.50 bits per heavy atom. The predicted octanol–water partition coefficient (Wildman–Crippen LogP) is 2.87. The molecule has 0 amide bonds. The van der Waals surface area contributed by atoms with E-state index >= 15 is 0 Å². The molecule has 1 aromatic rings. The summed E-state index contributed by atoms with van der Waals surface area (Å²) in [5.41, 5.74) is 0.597. The van der Waals surface area contributed by atoms with Crippen molar-refractivity contribution in [2.45, 2.75) is 58.1 Å². The van der Waals surface area contributed by atoms with Gasteiger partial charge < -0.3 is 10.4 Å². The molecule has 0 aliphatic heterocycles. The van der Waals surface area contributed by atoms with Crippen LogP contribution in [0.25, 0.3) is 0 Å². The quantitative estimate of drug-likeness (QED) is 0.863. The van der Waals surface area contributed by atoms with E-state index in [0.717, 1.165) is 36.0 Å². The van der Waals surface area contributed by atoms with Crippen molar-refractivity contribution in [3.8, 4) is 0 Å². The van der Waals surface area contributed by atoms with Gasteiger partial charge in [-0.2, -0.15) is 0 Å². The average molecular weight is 268 g/mol. The number of thiazole rings is 1. The first-order chi connectivity index (χ1) is 8.61. The van der Waals surface area contributed by atoms with E-state index in [1.54, 1.807) is 11.3 Å². The lowest BCUT2D eigenvalue weighted by Gasteiger charge is -2.36. The topological polar surface area (TPSA) is 45.1 Å². The van der Waals surface area contributed by atoms with Crippen LogP contribution in [0.1, 0.15) is 49.7 Å². The maximum Gasteiger partial charge on any atom is 0.0897 e. The van der Waals surface area contributed by atoms with Crippen LogP contribution in [-0.4, -0.2) is 22.2 Å². The second-order valence-electron chi connectivity index (χ2n) is 5.54. The molecule has 0 unspecified atom stereocenters. The summed E-state index contributed by atoms with van der Waals surface area (Å²) >= 11 is 1.68. The SMILES string of the molecule is CCC1CCC(O)(CNCc2csc(C)n2)CC1. The molecule has 18 heavy (non-hydrogen) atoms. The second-order valence-corrected chi connectivity index (χ2v) is 6.60. The molecule has 0 bridgehead atoms. The van der Waals surface area contributed by atoms with Crippen molar-refractivity contribution in [1.82, 2.24) is 10.3 Å². The molecule has 0 aromatic carbocycles. The highest BCUT2D eigenvalue weighted by atomic mass is 32.1. The van der Waals surface area contributed by atoms with Gasteiger partial charge in [-0.1, -0.05) is 13.3 Å². The van der Waals surface area contributed by atoms with Gasteiger partial charge in [0.15, 0.2) is 0 Å². The van der Waals surface area contributed by atoms with Crippen LogP contribution in [0.2, 0.25) is 0 Å². The third-order valence-corrected chi connectivity index (χ3v) is 4.86. The number of hydrogen-bond acceptors (Lipinski definition) is 4. The normalized spacial score (nSPS) is 28.5. The molecule has 1 aliphatic rings. The standard InChI is InChI=1S/C14H24N2OS/c1-3-12-4-6-14(17,7-5-12)10-15-8-13-9-18-11(2)16-13/h9,12,15,17H,3-8,10H2,1-2H3. The van der Waals surface area contributed by atoms with E-state index in [4.69, 9.17) is 0 Å². The highest BCUT2D eigenvalue weighted by Gasteiger charge is 2.32. The fourth-order valence-electron chi connectivity index (χ4n) is 2.71. The molecule has 1 fully saturated rings. The van der Waals surface area contributed by atoms with Gasteiger partial charge in [0.2, 0.25) is 0 Å². The molecule has 102 valence electrons. The van der Waals surface area contributed by atoms with E-state index in [1.165, 1.54) is 19.3 Å². The van der Waals surface area contributed by atoms with Crippen LogP contribution >= 0.6 is 11.3 Å². The lowest BCUT2D eigenvalue weighted by Crippen LogP contribution is -2.43. The fourth-order valence-corrected chi connectivity index (χ4v) is 3.33. The fraction of sp³-hybridized carbons (Fsp3) is 0.786. The molecule has 2 rings (SSSR count). The number of nitrogens with zero attached hydrogens (tertiary/aromatic N) is 1. The van der Waals surface area contributed by atoms with Gasteiger partial charge in [0, 0.05) is 18.5 Å². The Morgan fingerprint density at radius 3 is 2.78 bits per heavy atom. The van der Waals surface area contributed by atoms with Gasteiger partial charge in [-0.05, 0) is 38.5 Å². The summed E-state index contributed by atoms with van der Waals surface area (Å²) in [5.74, 6) is 0.825. The third-order valence-electron chi connectivity index (χ3n) is 4.04. The summed E-state index contributed by atoms with van der Waals surface area (Å²) in [5, 5.41) is 17.0. The van der Waals surface area contributed by atoms with Crippen molar-refractivity contribution in [2.24, 2.45) is 5.92 Å². The van der Waals surface area contributed by atoms with Gasteiger partial charge in [0.05, 0.1) is 16.3 Å². The van der Waals surface area contributed by atoms with Crippen molar-refractivity contribution in [1.29, 1.82) is 0 Å². The Kier molecular flexibility index (Phi) is 4.76. The van der Waals surface area contributed by atoms with Crippen LogP contribution < -0.4 is 5.32 Å². The first-order valence-electron chi connectivity index (χ1n) is 6.95. The molecular formula is C14H24N2OS. The van der Waals surface area contributed by atoms with Crippen LogP contribution in [0.5, 0.6) is 0 Å². The van der Waals surface area contributed by atoms with Crippen molar-refractivity contribution in [3.05, 3.63) is 16.1 Å². The summed E-state index contributed by atoms with van der Waals surface area (Å²) in [4.78, 5) is 4.42. The Bertz CT molecular complexity index is 370. The molecule has 1 aromatic heterocycles. The molecule has 1 saturated carbocycles. The molecule has 1 heterocycles. The zero-order valence-electron chi connectivity index (χ0n) is 11.4. The lowest BCUT2D eigenvalue weighted by atomic mass is 9.78. The van der Waals surface area contributed by atoms with Gasteiger partial charge in [0.1, 0.15) is 0 Å². The van der Waals surface area contributed by atoms with Crippen molar-refractivity contribution >= 4 is 11.3 Å². The van der Waals surface area contributed by atoms with E-state index in [2.05, 4.69) is 22.6 Å². The number of rotatable bonds is 5. The minimum atomic E-state index is -0.489. The van der Waals surface area contributed by atoms with Gasteiger partial charge >= 0.3 is 0 Å². The summed E-state index contributed by atoms with van der Waals surface area (Å²) in [7, 11) is 0. The number of aryl methyl sites for hydroxylation is 1. The Balaban J connectivity index is 1.73. The molecule has 0 atom stereocenters. The molecule has 4 heteroatoms. The van der Waals surface area contributed by atoms with Crippen LogP contribution in [0.4, 0.5) is 0 Å². The van der Waals surface area contributed by atoms with E-state index in [0.29, 0.717) is 6.54 Å². The highest BCUT2D eigenvalue weighted by molar-refractivity contribution is 7.09. The van der Waals surface area contributed by atoms with E-state index in [1.807, 2.05) is 6.92 Å². The number of hydrogen-bond donors (Lipinski definition) is 2. The third kappa shape index (κ3) is 3.77. The first-order valence-corrected chi connectivity index (χ1v) is 7.83. The zero-order valence-corrected chi connectivity index (χ0v) is 12.2. The van der Waals surface area contributed by atoms with Gasteiger partial charge in [0.25, 0.3) is 0 Å². The predicted molar refractivity (Wildman–Crippen MR) is 75.8 cm³/mol. The van der Waals surface area contributed by atoms with Gasteiger partial charge in [-0.25, -0.2) is 4.98 Å². The number of aromatic nitrogens is 1. The van der Waals surface area contributed by atoms with Crippen LogP contribution in [0.3, 0.4) is 0 Å². The second kappa shape index (κ2) is 6.13. The summed E-state index contributed by atoms with van der Waals surface area (Å²) in [6.07, 6.45) is 5.47. The monoisotopic (exact) mass is 268 g/mol. The molecule has 0 spiro atoms. The van der Waals surface area contributed by atoms with Crippen LogP contribution in [0, 0.1) is 12.8 Å². The number of nitrogens with one attached hydrogen (secondary N) is 1. The van der Waals surface area contributed by atoms with Crippen molar-refractivity contribution in [2.75, 3.05) is 6.54 Å². The highest BCUT2D eigenvalue weighted by Crippen LogP contribution is 2.33. The molecule has 3 nitrogen and oxygen atoms in total. The molecule has 1 aliphatic carbocycles. The van der Waals surface area contributed by atoms with Crippen molar-refractivity contribution in [3.63, 3.8) is 0 Å². The molecular weight excluding hydrogens is 244 g/mol. The summed E-state index contributed by atoms with van der Waals surface area (Å²) < 4.78 is 0. The minimum absolute atomic E-state index is 0.489. The first kappa shape index (κ1) is 14.0. The van der Waals surface area contributed by atoms with Crippen LogP contribution in [0.15, 0.2) is 5.38 Å². The average Bonchev–Trinajstić information content (AvgIpc) is 2.76. The summed E-state index contributed by atoms with van der Waals surface area (Å²) in [6, 6.07) is 0. The van der Waals surface area contributed by atoms with Crippen molar-refractivity contribution < 1.29 is 5.11 Å². The maximum atomic E-state index is 10.5. The Labute approximate surface area is 114 Å². The maximum absolute atomic E-state index is 10.5. The Morgan fingerprint density at radius 2 is 2.22 bits per heavy atom. The smallest absolute Gasteiger partial charge is 0.0897 e. The summed E-state index contributed by atoms with van der Waals surface area (Å²) in [6.45, 7) is 5.73.